The summed E-state index contributed by atoms with van der Waals surface area (Å²) in [5, 5.41) is 0. The average Bonchev–Trinajstić information content (AvgIpc) is 3.71. The lowest BCUT2D eigenvalue weighted by molar-refractivity contribution is -0.138. The molecule has 0 saturated carbocycles. The van der Waals surface area contributed by atoms with Gasteiger partial charge in [-0.25, -0.2) is 19.2 Å². The Bertz CT molecular complexity index is 1810. The Morgan fingerprint density at radius 3 is 1.10 bits per heavy atom. The van der Waals surface area contributed by atoms with Crippen molar-refractivity contribution in [3.05, 3.63) is 62.5 Å². The van der Waals surface area contributed by atoms with Gasteiger partial charge in [0.1, 0.15) is 35.8 Å². The highest BCUT2D eigenvalue weighted by Gasteiger charge is 2.42. The number of carbonyl (C=O) groups excluding carboxylic acids is 4. The molecule has 0 aromatic heterocycles. The second-order valence-corrected chi connectivity index (χ2v) is 28.8. The van der Waals surface area contributed by atoms with E-state index in [0.29, 0.717) is 25.1 Å². The summed E-state index contributed by atoms with van der Waals surface area (Å²) in [7, 11) is 1.07. The van der Waals surface area contributed by atoms with E-state index in [0.717, 1.165) is 69.3 Å². The summed E-state index contributed by atoms with van der Waals surface area (Å²) in [5.41, 5.74) is 11.5. The van der Waals surface area contributed by atoms with Crippen molar-refractivity contribution < 1.29 is 38.1 Å². The summed E-state index contributed by atoms with van der Waals surface area (Å²) in [6.45, 7) is 20.0. The first-order chi connectivity index (χ1) is 24.3. The van der Waals surface area contributed by atoms with E-state index >= 15 is 0 Å². The molecule has 0 saturated heterocycles. The van der Waals surface area contributed by atoms with Crippen LogP contribution in [0.3, 0.4) is 0 Å². The third kappa shape index (κ3) is 10.2. The van der Waals surface area contributed by atoms with Gasteiger partial charge in [0.05, 0.1) is 36.9 Å². The number of rotatable bonds is 9. The van der Waals surface area contributed by atoms with Crippen LogP contribution in [0.4, 0.5) is 0 Å². The van der Waals surface area contributed by atoms with Crippen LogP contribution >= 0.6 is 47.0 Å². The van der Waals surface area contributed by atoms with Crippen molar-refractivity contribution in [3.63, 3.8) is 0 Å². The molecule has 0 aliphatic carbocycles. The Labute approximate surface area is 327 Å². The van der Waals surface area contributed by atoms with Crippen LogP contribution in [0.25, 0.3) is 12.2 Å². The van der Waals surface area contributed by atoms with Crippen molar-refractivity contribution in [1.82, 2.24) is 0 Å². The van der Waals surface area contributed by atoms with Gasteiger partial charge in [0.25, 0.3) is 0 Å². The van der Waals surface area contributed by atoms with Crippen LogP contribution in [0, 0.1) is 22.9 Å². The fourth-order valence-electron chi connectivity index (χ4n) is 5.86. The van der Waals surface area contributed by atoms with Crippen LogP contribution in [0.2, 0.25) is 36.3 Å². The molecule has 0 unspecified atom stereocenters. The van der Waals surface area contributed by atoms with Crippen molar-refractivity contribution >= 4 is 99.2 Å². The molecule has 1 aromatic rings. The SMILES string of the molecule is COC(=O)C1=C(C(=O)OC)SC(=Cc2cc(C#C[Si](C(C)C)(C(C)C)C(C)C)c(C=C3SC(C(=O)OC)=C(C(=O)OC)S3)cc2C#C[Si](C)(C)C)S1. The largest absolute Gasteiger partial charge is 0.465 e. The zero-order chi connectivity index (χ0) is 39.1. The second-order valence-electron chi connectivity index (χ2n) is 13.8. The van der Waals surface area contributed by atoms with Crippen LogP contribution in [0.5, 0.6) is 0 Å². The van der Waals surface area contributed by atoms with Gasteiger partial charge in [-0.15, -0.1) is 11.1 Å². The van der Waals surface area contributed by atoms with E-state index in [4.69, 9.17) is 18.9 Å². The minimum Gasteiger partial charge on any atom is -0.465 e. The minimum absolute atomic E-state index is 0.161. The molecule has 0 fully saturated rings. The summed E-state index contributed by atoms with van der Waals surface area (Å²) in [6.07, 6.45) is 3.83. The summed E-state index contributed by atoms with van der Waals surface area (Å²) in [4.78, 5) is 51.3. The van der Waals surface area contributed by atoms with E-state index in [1.54, 1.807) is 0 Å². The topological polar surface area (TPSA) is 105 Å². The van der Waals surface area contributed by atoms with Gasteiger partial charge < -0.3 is 18.9 Å². The Kier molecular flexibility index (Phi) is 15.3. The van der Waals surface area contributed by atoms with Gasteiger partial charge in [-0.1, -0.05) is 120 Å². The van der Waals surface area contributed by atoms with Crippen molar-refractivity contribution in [3.8, 4) is 22.9 Å². The second kappa shape index (κ2) is 18.4. The van der Waals surface area contributed by atoms with Gasteiger partial charge in [0.2, 0.25) is 0 Å². The van der Waals surface area contributed by atoms with E-state index in [1.165, 1.54) is 28.4 Å². The molecule has 278 valence electrons. The molecule has 8 nitrogen and oxygen atoms in total. The highest BCUT2D eigenvalue weighted by molar-refractivity contribution is 8.30. The molecule has 0 amide bonds. The predicted molar refractivity (Wildman–Crippen MR) is 223 cm³/mol. The standard InChI is InChI=1S/C38H46O8S4Si2/c1-22(2)52(23(3)4,24(5)6)17-15-26-19-27(20-29-47-31(35(39)43-7)32(48-29)36(40)44-8)25(14-16-51(11,12)13)18-28(26)21-30-49-33(37(41)45-9)34(50-30)38(42)46-10/h18-24H,1-13H3. The molecule has 0 spiro atoms. The van der Waals surface area contributed by atoms with Crippen LogP contribution in [-0.4, -0.2) is 68.5 Å². The minimum atomic E-state index is -2.18. The number of ether oxygens (including phenoxy) is 4. The van der Waals surface area contributed by atoms with Gasteiger partial charge in [0.15, 0.2) is 0 Å². The summed E-state index contributed by atoms with van der Waals surface area (Å²) in [5.74, 6) is 4.55. The number of methoxy groups -OCH3 is 4. The molecule has 0 radical (unpaired) electrons. The summed E-state index contributed by atoms with van der Waals surface area (Å²) < 4.78 is 21.2. The molecule has 3 rings (SSSR count). The quantitative estimate of drug-likeness (QED) is 0.103. The lowest BCUT2D eigenvalue weighted by Gasteiger charge is -2.38. The first-order valence-electron chi connectivity index (χ1n) is 16.5. The van der Waals surface area contributed by atoms with E-state index in [9.17, 15) is 19.2 Å². The molecular weight excluding hydrogens is 769 g/mol. The maximum absolute atomic E-state index is 12.7. The number of esters is 4. The lowest BCUT2D eigenvalue weighted by Crippen LogP contribution is -2.43. The van der Waals surface area contributed by atoms with Crippen LogP contribution in [0.15, 0.2) is 40.2 Å². The highest BCUT2D eigenvalue weighted by Crippen LogP contribution is 2.52. The van der Waals surface area contributed by atoms with Crippen molar-refractivity contribution in [2.24, 2.45) is 0 Å². The summed E-state index contributed by atoms with van der Waals surface area (Å²) in [6, 6.07) is 3.98. The zero-order valence-electron chi connectivity index (χ0n) is 31.9. The van der Waals surface area contributed by atoms with Crippen LogP contribution in [-0.2, 0) is 38.1 Å². The molecule has 14 heteroatoms. The van der Waals surface area contributed by atoms with E-state index in [1.807, 2.05) is 24.3 Å². The number of hydrogen-bond acceptors (Lipinski definition) is 12. The van der Waals surface area contributed by atoms with Crippen LogP contribution in [0.1, 0.15) is 63.8 Å². The molecule has 2 aliphatic heterocycles. The first-order valence-corrected chi connectivity index (χ1v) is 25.5. The van der Waals surface area contributed by atoms with Gasteiger partial charge in [0, 0.05) is 11.1 Å². The van der Waals surface area contributed by atoms with Gasteiger partial charge >= 0.3 is 23.9 Å². The van der Waals surface area contributed by atoms with Crippen molar-refractivity contribution in [1.29, 1.82) is 0 Å². The monoisotopic (exact) mass is 814 g/mol. The Morgan fingerprint density at radius 1 is 0.558 bits per heavy atom. The van der Waals surface area contributed by atoms with Crippen molar-refractivity contribution in [2.45, 2.75) is 77.8 Å². The molecule has 2 heterocycles. The molecule has 1 aromatic carbocycles. The smallest absolute Gasteiger partial charge is 0.346 e. The van der Waals surface area contributed by atoms with E-state index in [2.05, 4.69) is 84.1 Å². The van der Waals surface area contributed by atoms with Crippen LogP contribution < -0.4 is 0 Å². The molecule has 0 bridgehead atoms. The molecule has 0 atom stereocenters. The van der Waals surface area contributed by atoms with Crippen molar-refractivity contribution in [2.75, 3.05) is 28.4 Å². The maximum atomic E-state index is 12.7. The Hall–Kier alpha value is -2.99. The van der Waals surface area contributed by atoms with Gasteiger partial charge in [-0.3, -0.25) is 0 Å². The molecule has 0 N–H and O–H groups in total. The maximum Gasteiger partial charge on any atom is 0.346 e. The lowest BCUT2D eigenvalue weighted by atomic mass is 9.99. The van der Waals surface area contributed by atoms with Gasteiger partial charge in [-0.05, 0) is 52.0 Å². The predicted octanol–water partition coefficient (Wildman–Crippen LogP) is 9.16. The molecular formula is C38H46O8S4Si2. The molecule has 52 heavy (non-hydrogen) atoms. The van der Waals surface area contributed by atoms with E-state index < -0.39 is 40.0 Å². The fraction of sp³-hybridized carbons (Fsp3) is 0.421. The number of thioether (sulfide) groups is 4. The average molecular weight is 815 g/mol. The number of hydrogen-bond donors (Lipinski definition) is 0. The van der Waals surface area contributed by atoms with Gasteiger partial charge in [-0.2, -0.15) is 0 Å². The normalized spacial score (nSPS) is 14.6. The Balaban J connectivity index is 2.39. The highest BCUT2D eigenvalue weighted by atomic mass is 32.2. The zero-order valence-corrected chi connectivity index (χ0v) is 37.2. The first kappa shape index (κ1) is 43.4. The van der Waals surface area contributed by atoms with E-state index in [-0.39, 0.29) is 19.6 Å². The third-order valence-electron chi connectivity index (χ3n) is 8.33. The number of benzene rings is 1. The fourth-order valence-corrected chi connectivity index (χ4v) is 16.3. The Morgan fingerprint density at radius 2 is 0.846 bits per heavy atom. The number of carbonyl (C=O) groups is 4. The third-order valence-corrected chi connectivity index (χ3v) is 20.3. The molecule has 2 aliphatic rings. The summed E-state index contributed by atoms with van der Waals surface area (Å²) >= 11 is 4.59.